The van der Waals surface area contributed by atoms with Crippen LogP contribution in [0.15, 0.2) is 36.0 Å². The molecule has 1 aliphatic heterocycles. The van der Waals surface area contributed by atoms with Gasteiger partial charge >= 0.3 is 0 Å². The van der Waals surface area contributed by atoms with Crippen molar-refractivity contribution in [2.75, 3.05) is 13.2 Å². The molecule has 3 rings (SSSR count). The maximum absolute atomic E-state index is 12.3. The smallest absolute Gasteiger partial charge is 0.262 e. The second-order valence-corrected chi connectivity index (χ2v) is 6.08. The van der Waals surface area contributed by atoms with E-state index in [1.54, 1.807) is 12.3 Å². The largest absolute Gasteiger partial charge is 0.376 e. The van der Waals surface area contributed by atoms with Crippen molar-refractivity contribution in [1.29, 1.82) is 5.26 Å². The van der Waals surface area contributed by atoms with Crippen LogP contribution in [0.4, 0.5) is 0 Å². The molecule has 0 aliphatic carbocycles. The summed E-state index contributed by atoms with van der Waals surface area (Å²) in [5, 5.41) is 19.1. The monoisotopic (exact) mass is 336 g/mol. The second-order valence-electron chi connectivity index (χ2n) is 6.08. The summed E-state index contributed by atoms with van der Waals surface area (Å²) in [4.78, 5) is 12.3. The Balaban J connectivity index is 1.76. The zero-order valence-electron chi connectivity index (χ0n) is 14.1. The van der Waals surface area contributed by atoms with Gasteiger partial charge in [-0.2, -0.15) is 10.4 Å². The predicted molar refractivity (Wildman–Crippen MR) is 94.3 cm³/mol. The van der Waals surface area contributed by atoms with Crippen molar-refractivity contribution in [2.45, 2.75) is 25.9 Å². The van der Waals surface area contributed by atoms with Gasteiger partial charge in [0, 0.05) is 24.3 Å². The first-order valence-electron chi connectivity index (χ1n) is 8.29. The molecule has 1 unspecified atom stereocenters. The van der Waals surface area contributed by atoms with Crippen molar-refractivity contribution in [1.82, 2.24) is 15.5 Å². The van der Waals surface area contributed by atoms with E-state index in [9.17, 15) is 10.1 Å². The van der Waals surface area contributed by atoms with Gasteiger partial charge in [0.2, 0.25) is 0 Å². The van der Waals surface area contributed by atoms with E-state index in [0.717, 1.165) is 36.3 Å². The Morgan fingerprint density at radius 1 is 1.48 bits per heavy atom. The third kappa shape index (κ3) is 4.14. The van der Waals surface area contributed by atoms with Crippen LogP contribution in [0.5, 0.6) is 0 Å². The van der Waals surface area contributed by atoms with E-state index in [1.807, 2.05) is 37.3 Å². The number of aromatic amines is 1. The number of rotatable bonds is 5. The SMILES string of the molecule is Cc1ccc(-c2[nH]ncc2/C=C(\C#N)C(=O)NCC2CCCO2)cc1. The number of aromatic nitrogens is 2. The number of amides is 1. The predicted octanol–water partition coefficient (Wildman–Crippen LogP) is 2.59. The van der Waals surface area contributed by atoms with E-state index in [0.29, 0.717) is 12.1 Å². The number of carbonyl (C=O) groups is 1. The summed E-state index contributed by atoms with van der Waals surface area (Å²) in [5.41, 5.74) is 3.64. The highest BCUT2D eigenvalue weighted by Gasteiger charge is 2.18. The molecule has 1 aromatic carbocycles. The highest BCUT2D eigenvalue weighted by molar-refractivity contribution is 6.02. The summed E-state index contributed by atoms with van der Waals surface area (Å²) in [6.45, 7) is 3.17. The fourth-order valence-corrected chi connectivity index (χ4v) is 2.77. The molecular weight excluding hydrogens is 316 g/mol. The fraction of sp³-hybridized carbons (Fsp3) is 0.316. The summed E-state index contributed by atoms with van der Waals surface area (Å²) >= 11 is 0. The Hall–Kier alpha value is -2.91. The van der Waals surface area contributed by atoms with E-state index >= 15 is 0 Å². The van der Waals surface area contributed by atoms with E-state index in [-0.39, 0.29) is 11.7 Å². The molecule has 2 N–H and O–H groups in total. The van der Waals surface area contributed by atoms with Crippen molar-refractivity contribution in [2.24, 2.45) is 0 Å². The number of nitrogens with zero attached hydrogens (tertiary/aromatic N) is 2. The fourth-order valence-electron chi connectivity index (χ4n) is 2.77. The lowest BCUT2D eigenvalue weighted by Crippen LogP contribution is -2.32. The third-order valence-corrected chi connectivity index (χ3v) is 4.19. The first-order valence-corrected chi connectivity index (χ1v) is 8.29. The lowest BCUT2D eigenvalue weighted by atomic mass is 10.0. The molecule has 25 heavy (non-hydrogen) atoms. The Bertz CT molecular complexity index is 809. The zero-order chi connectivity index (χ0) is 17.6. The number of benzene rings is 1. The van der Waals surface area contributed by atoms with Gasteiger partial charge < -0.3 is 10.1 Å². The van der Waals surface area contributed by atoms with Gasteiger partial charge in [-0.05, 0) is 25.8 Å². The van der Waals surface area contributed by atoms with E-state index < -0.39 is 5.91 Å². The molecule has 6 nitrogen and oxygen atoms in total. The van der Waals surface area contributed by atoms with Crippen LogP contribution in [0.2, 0.25) is 0 Å². The Morgan fingerprint density at radius 3 is 2.96 bits per heavy atom. The summed E-state index contributed by atoms with van der Waals surface area (Å²) in [7, 11) is 0. The number of carbonyl (C=O) groups excluding carboxylic acids is 1. The summed E-state index contributed by atoms with van der Waals surface area (Å²) in [5.74, 6) is -0.394. The first kappa shape index (κ1) is 16.9. The Morgan fingerprint density at radius 2 is 2.28 bits per heavy atom. The topological polar surface area (TPSA) is 90.8 Å². The van der Waals surface area contributed by atoms with Gasteiger partial charge in [-0.15, -0.1) is 0 Å². The Labute approximate surface area is 146 Å². The quantitative estimate of drug-likeness (QED) is 0.648. The van der Waals surface area contributed by atoms with Crippen LogP contribution >= 0.6 is 0 Å². The van der Waals surface area contributed by atoms with Gasteiger partial charge in [0.1, 0.15) is 11.6 Å². The van der Waals surface area contributed by atoms with Gasteiger partial charge in [-0.1, -0.05) is 29.8 Å². The maximum Gasteiger partial charge on any atom is 0.262 e. The number of hydrogen-bond acceptors (Lipinski definition) is 4. The minimum absolute atomic E-state index is 0.0425. The van der Waals surface area contributed by atoms with E-state index in [1.165, 1.54) is 0 Å². The highest BCUT2D eigenvalue weighted by atomic mass is 16.5. The van der Waals surface area contributed by atoms with Gasteiger partial charge in [0.15, 0.2) is 0 Å². The zero-order valence-corrected chi connectivity index (χ0v) is 14.1. The number of nitrogens with one attached hydrogen (secondary N) is 2. The molecular formula is C19H20N4O2. The van der Waals surface area contributed by atoms with Crippen LogP contribution in [0.25, 0.3) is 17.3 Å². The minimum Gasteiger partial charge on any atom is -0.376 e. The first-order chi connectivity index (χ1) is 12.2. The number of nitriles is 1. The highest BCUT2D eigenvalue weighted by Crippen LogP contribution is 2.23. The molecule has 1 fully saturated rings. The molecule has 6 heteroatoms. The van der Waals surface area contributed by atoms with Crippen LogP contribution in [0.1, 0.15) is 24.0 Å². The molecule has 1 aliphatic rings. The molecule has 1 aromatic heterocycles. The Kier molecular flexibility index (Phi) is 5.26. The van der Waals surface area contributed by atoms with Crippen LogP contribution in [0.3, 0.4) is 0 Å². The van der Waals surface area contributed by atoms with Crippen molar-refractivity contribution < 1.29 is 9.53 Å². The number of ether oxygens (including phenoxy) is 1. The molecule has 1 saturated heterocycles. The molecule has 2 aromatic rings. The second kappa shape index (κ2) is 7.77. The standard InChI is InChI=1S/C19H20N4O2/c1-13-4-6-14(7-5-13)18-16(11-22-23-18)9-15(10-20)19(24)21-12-17-3-2-8-25-17/h4-7,9,11,17H,2-3,8,12H2,1H3,(H,21,24)(H,22,23)/b15-9+. The lowest BCUT2D eigenvalue weighted by Gasteiger charge is -2.10. The van der Waals surface area contributed by atoms with Gasteiger partial charge in [0.25, 0.3) is 5.91 Å². The van der Waals surface area contributed by atoms with Gasteiger partial charge in [-0.3, -0.25) is 9.89 Å². The molecule has 1 amide bonds. The average Bonchev–Trinajstić information content (AvgIpc) is 3.30. The number of H-pyrrole nitrogens is 1. The molecule has 0 saturated carbocycles. The molecule has 0 spiro atoms. The minimum atomic E-state index is -0.394. The average molecular weight is 336 g/mol. The molecule has 128 valence electrons. The molecule has 1 atom stereocenters. The van der Waals surface area contributed by atoms with Crippen molar-refractivity contribution in [3.8, 4) is 17.3 Å². The van der Waals surface area contributed by atoms with Crippen molar-refractivity contribution >= 4 is 12.0 Å². The number of hydrogen-bond donors (Lipinski definition) is 2. The molecule has 2 heterocycles. The normalized spacial score (nSPS) is 17.3. The van der Waals surface area contributed by atoms with Gasteiger partial charge in [-0.25, -0.2) is 0 Å². The molecule has 0 radical (unpaired) electrons. The maximum atomic E-state index is 12.3. The van der Waals surface area contributed by atoms with Crippen molar-refractivity contribution in [3.05, 3.63) is 47.2 Å². The van der Waals surface area contributed by atoms with Gasteiger partial charge in [0.05, 0.1) is 18.0 Å². The van der Waals surface area contributed by atoms with E-state index in [4.69, 9.17) is 4.74 Å². The summed E-state index contributed by atoms with van der Waals surface area (Å²) in [6.07, 6.45) is 5.16. The van der Waals surface area contributed by atoms with Crippen LogP contribution in [-0.2, 0) is 9.53 Å². The van der Waals surface area contributed by atoms with Crippen LogP contribution < -0.4 is 5.32 Å². The third-order valence-electron chi connectivity index (χ3n) is 4.19. The summed E-state index contributed by atoms with van der Waals surface area (Å²) < 4.78 is 5.48. The molecule has 0 bridgehead atoms. The van der Waals surface area contributed by atoms with Crippen molar-refractivity contribution in [3.63, 3.8) is 0 Å². The van der Waals surface area contributed by atoms with Crippen LogP contribution in [-0.4, -0.2) is 35.4 Å². The number of aryl methyl sites for hydroxylation is 1. The summed E-state index contributed by atoms with van der Waals surface area (Å²) in [6, 6.07) is 9.93. The van der Waals surface area contributed by atoms with E-state index in [2.05, 4.69) is 15.5 Å². The van der Waals surface area contributed by atoms with Crippen LogP contribution in [0, 0.1) is 18.3 Å². The lowest BCUT2D eigenvalue weighted by molar-refractivity contribution is -0.117.